The van der Waals surface area contributed by atoms with E-state index < -0.39 is 0 Å². The van der Waals surface area contributed by atoms with Crippen LogP contribution < -0.4 is 9.80 Å². The molecule has 0 fully saturated rings. The van der Waals surface area contributed by atoms with Gasteiger partial charge in [-0.25, -0.2) is 0 Å². The molecule has 2 nitrogen and oxygen atoms in total. The van der Waals surface area contributed by atoms with Gasteiger partial charge in [0.15, 0.2) is 0 Å². The molecule has 57 heavy (non-hydrogen) atoms. The van der Waals surface area contributed by atoms with Crippen molar-refractivity contribution in [2.24, 2.45) is 0 Å². The Morgan fingerprint density at radius 3 is 1.60 bits per heavy atom. The van der Waals surface area contributed by atoms with E-state index >= 15 is 0 Å². The number of rotatable bonds is 7. The highest BCUT2D eigenvalue weighted by Crippen LogP contribution is 2.44. The Balaban J connectivity index is 0.913. The van der Waals surface area contributed by atoms with Gasteiger partial charge in [0.1, 0.15) is 0 Å². The molecule has 2 aliphatic rings. The second kappa shape index (κ2) is 13.4. The number of hydrogen-bond acceptors (Lipinski definition) is 2. The zero-order valence-electron chi connectivity index (χ0n) is 31.7. The van der Waals surface area contributed by atoms with Crippen molar-refractivity contribution < 1.29 is 0 Å². The Hall–Kier alpha value is -7.34. The van der Waals surface area contributed by atoms with Gasteiger partial charge in [-0.2, -0.15) is 0 Å². The Bertz CT molecular complexity index is 3120. The minimum atomic E-state index is 0.949. The molecule has 0 unspecified atom stereocenters. The summed E-state index contributed by atoms with van der Waals surface area (Å²) in [5.74, 6) is 0. The molecule has 9 aromatic rings. The third-order valence-electron chi connectivity index (χ3n) is 12.0. The summed E-state index contributed by atoms with van der Waals surface area (Å²) in [6.07, 6.45) is 8.38. The lowest BCUT2D eigenvalue weighted by Crippen LogP contribution is -2.18. The lowest BCUT2D eigenvalue weighted by atomic mass is 9.89. The van der Waals surface area contributed by atoms with E-state index in [0.29, 0.717) is 0 Å². The Labute approximate surface area is 332 Å². The molecule has 0 saturated carbocycles. The van der Waals surface area contributed by atoms with Crippen LogP contribution in [0.15, 0.2) is 216 Å². The van der Waals surface area contributed by atoms with Gasteiger partial charge >= 0.3 is 0 Å². The zero-order valence-corrected chi connectivity index (χ0v) is 31.7. The van der Waals surface area contributed by atoms with Crippen LogP contribution in [0.2, 0.25) is 0 Å². The highest BCUT2D eigenvalue weighted by atomic mass is 15.1. The molecule has 0 N–H and O–H groups in total. The first kappa shape index (κ1) is 33.0. The molecule has 0 saturated heterocycles. The van der Waals surface area contributed by atoms with Crippen LogP contribution in [-0.2, 0) is 0 Å². The zero-order chi connectivity index (χ0) is 37.9. The van der Waals surface area contributed by atoms with Crippen LogP contribution in [0.1, 0.15) is 12.8 Å². The maximum Gasteiger partial charge on any atom is 0.0488 e. The fourth-order valence-corrected chi connectivity index (χ4v) is 9.12. The van der Waals surface area contributed by atoms with E-state index in [2.05, 4.69) is 216 Å². The summed E-state index contributed by atoms with van der Waals surface area (Å²) in [6, 6.07) is 62.3. The molecular formula is C55H38N2. The summed E-state index contributed by atoms with van der Waals surface area (Å²) in [5, 5.41) is 10.5. The first-order valence-electron chi connectivity index (χ1n) is 19.8. The van der Waals surface area contributed by atoms with Gasteiger partial charge in [-0.3, -0.25) is 0 Å². The van der Waals surface area contributed by atoms with Crippen molar-refractivity contribution in [1.29, 1.82) is 0 Å². The average Bonchev–Trinajstić information content (AvgIpc) is 3.28. The van der Waals surface area contributed by atoms with Crippen LogP contribution in [0.25, 0.3) is 65.3 Å². The molecule has 268 valence electrons. The second-order valence-electron chi connectivity index (χ2n) is 15.2. The highest BCUT2D eigenvalue weighted by Gasteiger charge is 2.21. The van der Waals surface area contributed by atoms with Crippen molar-refractivity contribution >= 4 is 65.8 Å². The number of benzene rings is 9. The summed E-state index contributed by atoms with van der Waals surface area (Å²) in [7, 11) is 2.18. The molecule has 0 atom stereocenters. The predicted molar refractivity (Wildman–Crippen MR) is 242 cm³/mol. The summed E-state index contributed by atoms with van der Waals surface area (Å²) < 4.78 is 0. The molecule has 2 heteroatoms. The van der Waals surface area contributed by atoms with Crippen molar-refractivity contribution in [2.45, 2.75) is 12.8 Å². The van der Waals surface area contributed by atoms with Crippen LogP contribution in [0.5, 0.6) is 0 Å². The standard InChI is InChI=1S/C55H38N2/c1-56(53-35-34-51-49-17-8-15-42-14-7-16-48(54(42)49)50-18-9-19-52(53)55(50)51)44-27-20-40(21-28-44)41-24-31-46(32-25-41)57(47-33-26-38-12-5-6-13-43(38)36-47)45-29-22-39(23-30-45)37-10-3-2-4-11-37/h2-4,7-25,27-32,34-36H,26,33H2,1H3. The van der Waals surface area contributed by atoms with Gasteiger partial charge in [-0.1, -0.05) is 139 Å². The topological polar surface area (TPSA) is 6.48 Å². The van der Waals surface area contributed by atoms with E-state index in [9.17, 15) is 0 Å². The van der Waals surface area contributed by atoms with Crippen LogP contribution in [0, 0.1) is 0 Å². The number of anilines is 4. The number of fused-ring (bicyclic) bond motifs is 2. The number of hydrogen-bond donors (Lipinski definition) is 0. The smallest absolute Gasteiger partial charge is 0.0488 e. The molecule has 11 rings (SSSR count). The Morgan fingerprint density at radius 1 is 0.421 bits per heavy atom. The van der Waals surface area contributed by atoms with Crippen molar-refractivity contribution in [3.05, 3.63) is 216 Å². The van der Waals surface area contributed by atoms with Gasteiger partial charge in [0.2, 0.25) is 0 Å². The van der Waals surface area contributed by atoms with Crippen LogP contribution in [0.4, 0.5) is 22.7 Å². The molecule has 2 aliphatic carbocycles. The molecule has 0 amide bonds. The largest absolute Gasteiger partial charge is 0.344 e. The minimum Gasteiger partial charge on any atom is -0.344 e. The predicted octanol–water partition coefficient (Wildman–Crippen LogP) is 14.8. The number of allylic oxidation sites excluding steroid dienone is 6. The van der Waals surface area contributed by atoms with Crippen LogP contribution in [0.3, 0.4) is 0 Å². The van der Waals surface area contributed by atoms with E-state index in [1.54, 1.807) is 0 Å². The minimum absolute atomic E-state index is 0.949. The van der Waals surface area contributed by atoms with Gasteiger partial charge in [0, 0.05) is 40.9 Å². The fourth-order valence-electron chi connectivity index (χ4n) is 9.12. The SMILES string of the molecule is CN(c1ccc(-c2ccc(N(C3=CC4=C(C=C=C=C4)CC3)c3ccc(-c4ccccc4)cc3)cc2)cc1)c1ccc2c3cccc4cccc(c5cccc1c52)c43. The summed E-state index contributed by atoms with van der Waals surface area (Å²) in [4.78, 5) is 4.74. The molecule has 0 heterocycles. The van der Waals surface area contributed by atoms with E-state index in [1.807, 2.05) is 0 Å². The molecule has 0 bridgehead atoms. The van der Waals surface area contributed by atoms with E-state index in [0.717, 1.165) is 29.9 Å². The monoisotopic (exact) mass is 726 g/mol. The average molecular weight is 727 g/mol. The third kappa shape index (κ3) is 5.59. The van der Waals surface area contributed by atoms with Gasteiger partial charge in [0.25, 0.3) is 0 Å². The fraction of sp³-hybridized carbons (Fsp3) is 0.0545. The van der Waals surface area contributed by atoms with Crippen molar-refractivity contribution in [1.82, 2.24) is 0 Å². The van der Waals surface area contributed by atoms with Gasteiger partial charge in [-0.05, 0) is 145 Å². The molecule has 9 aromatic carbocycles. The normalized spacial score (nSPS) is 13.5. The Morgan fingerprint density at radius 2 is 0.947 bits per heavy atom. The van der Waals surface area contributed by atoms with Crippen LogP contribution in [-0.4, -0.2) is 7.05 Å². The van der Waals surface area contributed by atoms with Gasteiger partial charge < -0.3 is 9.80 Å². The molecular weight excluding hydrogens is 689 g/mol. The van der Waals surface area contributed by atoms with Gasteiger partial charge in [-0.15, -0.1) is 0 Å². The first-order valence-corrected chi connectivity index (χ1v) is 19.8. The van der Waals surface area contributed by atoms with E-state index in [4.69, 9.17) is 0 Å². The van der Waals surface area contributed by atoms with Crippen LogP contribution >= 0.6 is 0 Å². The summed E-state index contributed by atoms with van der Waals surface area (Å²) in [5.41, 5.74) is 19.6. The Kier molecular flexibility index (Phi) is 7.79. The third-order valence-corrected chi connectivity index (χ3v) is 12.0. The highest BCUT2D eigenvalue weighted by molar-refractivity contribution is 6.34. The lowest BCUT2D eigenvalue weighted by Gasteiger charge is -2.31. The quantitative estimate of drug-likeness (QED) is 0.0917. The lowest BCUT2D eigenvalue weighted by molar-refractivity contribution is 0.882. The number of nitrogens with zero attached hydrogens (tertiary/aromatic N) is 2. The first-order chi connectivity index (χ1) is 28.2. The van der Waals surface area contributed by atoms with E-state index in [-0.39, 0.29) is 0 Å². The van der Waals surface area contributed by atoms with Crippen molar-refractivity contribution in [3.8, 4) is 22.3 Å². The molecule has 0 aromatic heterocycles. The van der Waals surface area contributed by atoms with E-state index in [1.165, 1.54) is 87.9 Å². The second-order valence-corrected chi connectivity index (χ2v) is 15.2. The van der Waals surface area contributed by atoms with Gasteiger partial charge in [0.05, 0.1) is 0 Å². The van der Waals surface area contributed by atoms with Crippen molar-refractivity contribution in [2.75, 3.05) is 16.8 Å². The molecule has 0 aliphatic heterocycles. The maximum atomic E-state index is 3.16. The summed E-state index contributed by atoms with van der Waals surface area (Å²) in [6.45, 7) is 0. The molecule has 0 spiro atoms. The van der Waals surface area contributed by atoms with Crippen molar-refractivity contribution in [3.63, 3.8) is 0 Å². The maximum absolute atomic E-state index is 3.16. The molecule has 0 radical (unpaired) electrons. The summed E-state index contributed by atoms with van der Waals surface area (Å²) >= 11 is 0.